The molecule has 31 heavy (non-hydrogen) atoms. The number of hydrogen-bond donors (Lipinski definition) is 2. The number of nitrogens with zero attached hydrogens (tertiary/aromatic N) is 4. The second kappa shape index (κ2) is 14.1. The highest BCUT2D eigenvalue weighted by molar-refractivity contribution is 14.0. The number of aliphatic imine (C=N–C) groups is 1. The summed E-state index contributed by atoms with van der Waals surface area (Å²) in [5.74, 6) is 0.669. The maximum absolute atomic E-state index is 12.0. The number of anilines is 1. The van der Waals surface area contributed by atoms with Gasteiger partial charge in [-0.2, -0.15) is 0 Å². The van der Waals surface area contributed by atoms with E-state index >= 15 is 0 Å². The van der Waals surface area contributed by atoms with E-state index in [9.17, 15) is 9.59 Å². The van der Waals surface area contributed by atoms with Crippen LogP contribution in [-0.4, -0.2) is 81.4 Å². The molecule has 3 N–H and O–H groups in total. The van der Waals surface area contributed by atoms with Crippen molar-refractivity contribution in [3.05, 3.63) is 30.3 Å². The molecule has 0 aromatic heterocycles. The number of nitrogens with two attached hydrogens (primary N) is 1. The molecular weight excluding hydrogens is 507 g/mol. The molecule has 2 amide bonds. The van der Waals surface area contributed by atoms with E-state index in [-0.39, 0.29) is 48.3 Å². The Morgan fingerprint density at radius 1 is 1.23 bits per heavy atom. The summed E-state index contributed by atoms with van der Waals surface area (Å²) in [6.45, 7) is 3.36. The van der Waals surface area contributed by atoms with Gasteiger partial charge in [0.05, 0.1) is 0 Å². The molecule has 0 bridgehead atoms. The molecular formula is C22H37IN6O2. The molecule has 1 aliphatic rings. The van der Waals surface area contributed by atoms with Crippen molar-refractivity contribution >= 4 is 47.4 Å². The van der Waals surface area contributed by atoms with E-state index in [0.29, 0.717) is 6.42 Å². The zero-order valence-corrected chi connectivity index (χ0v) is 21.2. The number of nitrogens with one attached hydrogen (secondary N) is 1. The summed E-state index contributed by atoms with van der Waals surface area (Å²) >= 11 is 0. The highest BCUT2D eigenvalue weighted by Gasteiger charge is 2.24. The fourth-order valence-electron chi connectivity index (χ4n) is 3.59. The number of carbonyl (C=O) groups excluding carboxylic acids is 2. The SMILES string of the molecule is CN(C)C(=O)CN=C(NCCCN(C)c1ccccc1)N1CCCC(CC(N)=O)C1.I. The summed E-state index contributed by atoms with van der Waals surface area (Å²) in [5, 5.41) is 3.43. The van der Waals surface area contributed by atoms with Crippen LogP contribution >= 0.6 is 24.0 Å². The molecule has 9 heteroatoms. The number of guanidine groups is 1. The van der Waals surface area contributed by atoms with Crippen LogP contribution in [0.3, 0.4) is 0 Å². The van der Waals surface area contributed by atoms with E-state index in [1.54, 1.807) is 19.0 Å². The summed E-state index contributed by atoms with van der Waals surface area (Å²) in [7, 11) is 5.54. The van der Waals surface area contributed by atoms with Crippen molar-refractivity contribution in [3.63, 3.8) is 0 Å². The molecule has 0 saturated carbocycles. The van der Waals surface area contributed by atoms with Gasteiger partial charge in [-0.3, -0.25) is 9.59 Å². The van der Waals surface area contributed by atoms with Crippen LogP contribution in [-0.2, 0) is 9.59 Å². The number of amides is 2. The van der Waals surface area contributed by atoms with Gasteiger partial charge < -0.3 is 25.8 Å². The van der Waals surface area contributed by atoms with Crippen molar-refractivity contribution in [2.24, 2.45) is 16.6 Å². The van der Waals surface area contributed by atoms with Gasteiger partial charge in [-0.25, -0.2) is 4.99 Å². The molecule has 2 rings (SSSR count). The summed E-state index contributed by atoms with van der Waals surface area (Å²) in [6.07, 6.45) is 3.30. The van der Waals surface area contributed by atoms with Crippen molar-refractivity contribution in [1.29, 1.82) is 0 Å². The van der Waals surface area contributed by atoms with Crippen LogP contribution in [0.1, 0.15) is 25.7 Å². The van der Waals surface area contributed by atoms with Gasteiger partial charge in [0.25, 0.3) is 0 Å². The van der Waals surface area contributed by atoms with Gasteiger partial charge in [-0.15, -0.1) is 24.0 Å². The predicted molar refractivity (Wildman–Crippen MR) is 137 cm³/mol. The maximum Gasteiger partial charge on any atom is 0.243 e. The third kappa shape index (κ3) is 9.75. The van der Waals surface area contributed by atoms with E-state index in [1.165, 1.54) is 5.69 Å². The monoisotopic (exact) mass is 544 g/mol. The molecule has 0 spiro atoms. The third-order valence-electron chi connectivity index (χ3n) is 5.32. The number of halogens is 1. The highest BCUT2D eigenvalue weighted by Crippen LogP contribution is 2.19. The van der Waals surface area contributed by atoms with Gasteiger partial charge in [0.15, 0.2) is 5.96 Å². The Morgan fingerprint density at radius 3 is 2.58 bits per heavy atom. The Kier molecular flexibility index (Phi) is 12.3. The fraction of sp³-hybridized carbons (Fsp3) is 0.591. The van der Waals surface area contributed by atoms with Gasteiger partial charge in [-0.05, 0) is 37.3 Å². The van der Waals surface area contributed by atoms with Crippen molar-refractivity contribution in [2.75, 3.05) is 58.8 Å². The minimum absolute atomic E-state index is 0. The zero-order chi connectivity index (χ0) is 21.9. The average Bonchev–Trinajstić information content (AvgIpc) is 2.73. The van der Waals surface area contributed by atoms with E-state index < -0.39 is 0 Å². The fourth-order valence-corrected chi connectivity index (χ4v) is 3.59. The highest BCUT2D eigenvalue weighted by atomic mass is 127. The first-order valence-electron chi connectivity index (χ1n) is 10.6. The normalized spacial score (nSPS) is 16.3. The zero-order valence-electron chi connectivity index (χ0n) is 18.9. The lowest BCUT2D eigenvalue weighted by Gasteiger charge is -2.35. The van der Waals surface area contributed by atoms with Crippen molar-refractivity contribution in [3.8, 4) is 0 Å². The van der Waals surface area contributed by atoms with Crippen LogP contribution in [0, 0.1) is 5.92 Å². The molecule has 1 aliphatic heterocycles. The Bertz CT molecular complexity index is 713. The number of carbonyl (C=O) groups is 2. The number of piperidine rings is 1. The van der Waals surface area contributed by atoms with E-state index in [1.807, 2.05) is 18.2 Å². The van der Waals surface area contributed by atoms with Crippen LogP contribution < -0.4 is 16.0 Å². The van der Waals surface area contributed by atoms with Gasteiger partial charge in [0, 0.05) is 59.4 Å². The smallest absolute Gasteiger partial charge is 0.243 e. The van der Waals surface area contributed by atoms with Gasteiger partial charge >= 0.3 is 0 Å². The van der Waals surface area contributed by atoms with Crippen molar-refractivity contribution in [1.82, 2.24) is 15.1 Å². The Morgan fingerprint density at radius 2 is 1.94 bits per heavy atom. The van der Waals surface area contributed by atoms with Gasteiger partial charge in [0.1, 0.15) is 6.54 Å². The number of benzene rings is 1. The maximum atomic E-state index is 12.0. The summed E-state index contributed by atoms with van der Waals surface area (Å²) in [6, 6.07) is 10.3. The van der Waals surface area contributed by atoms with E-state index in [0.717, 1.165) is 51.4 Å². The number of primary amides is 1. The number of likely N-dealkylation sites (N-methyl/N-ethyl adjacent to an activating group) is 1. The minimum atomic E-state index is -0.264. The van der Waals surface area contributed by atoms with E-state index in [4.69, 9.17) is 5.73 Å². The number of rotatable bonds is 9. The van der Waals surface area contributed by atoms with Crippen LogP contribution in [0.2, 0.25) is 0 Å². The van der Waals surface area contributed by atoms with Crippen LogP contribution in [0.25, 0.3) is 0 Å². The number of para-hydroxylation sites is 1. The molecule has 1 unspecified atom stereocenters. The molecule has 8 nitrogen and oxygen atoms in total. The lowest BCUT2D eigenvalue weighted by Crippen LogP contribution is -2.48. The first kappa shape index (κ1) is 27.0. The number of hydrogen-bond acceptors (Lipinski definition) is 4. The quantitative estimate of drug-likeness (QED) is 0.214. The molecule has 0 aliphatic carbocycles. The topological polar surface area (TPSA) is 94.3 Å². The Hall–Kier alpha value is -2.04. The predicted octanol–water partition coefficient (Wildman–Crippen LogP) is 1.75. The Labute approximate surface area is 203 Å². The Balaban J connectivity index is 0.00000480. The summed E-state index contributed by atoms with van der Waals surface area (Å²) < 4.78 is 0. The largest absolute Gasteiger partial charge is 0.375 e. The minimum Gasteiger partial charge on any atom is -0.375 e. The molecule has 1 saturated heterocycles. The lowest BCUT2D eigenvalue weighted by molar-refractivity contribution is -0.127. The summed E-state index contributed by atoms with van der Waals surface area (Å²) in [4.78, 5) is 33.8. The average molecular weight is 544 g/mol. The first-order valence-corrected chi connectivity index (χ1v) is 10.6. The van der Waals surface area contributed by atoms with Crippen molar-refractivity contribution < 1.29 is 9.59 Å². The van der Waals surface area contributed by atoms with E-state index in [2.05, 4.69) is 39.3 Å². The molecule has 1 aromatic carbocycles. The molecule has 174 valence electrons. The van der Waals surface area contributed by atoms with Gasteiger partial charge in [0.2, 0.25) is 11.8 Å². The number of likely N-dealkylation sites (tertiary alicyclic amines) is 1. The standard InChI is InChI=1S/C22H36N6O2.HI/c1-26(2)21(30)16-25-22(28-14-7-9-18(17-28)15-20(23)29)24-12-8-13-27(3)19-10-5-4-6-11-19;/h4-6,10-11,18H,7-9,12-17H2,1-3H3,(H2,23,29)(H,24,25);1H. The van der Waals surface area contributed by atoms with Gasteiger partial charge in [-0.1, -0.05) is 18.2 Å². The summed E-state index contributed by atoms with van der Waals surface area (Å²) in [5.41, 5.74) is 6.58. The first-order chi connectivity index (χ1) is 14.4. The second-order valence-corrected chi connectivity index (χ2v) is 8.09. The lowest BCUT2D eigenvalue weighted by atomic mass is 9.95. The molecule has 0 radical (unpaired) electrons. The van der Waals surface area contributed by atoms with Crippen molar-refractivity contribution in [2.45, 2.75) is 25.7 Å². The molecule has 1 fully saturated rings. The van der Waals surface area contributed by atoms with Crippen LogP contribution in [0.15, 0.2) is 35.3 Å². The van der Waals surface area contributed by atoms with Crippen LogP contribution in [0.4, 0.5) is 5.69 Å². The second-order valence-electron chi connectivity index (χ2n) is 8.09. The molecule has 1 heterocycles. The molecule has 1 aromatic rings. The van der Waals surface area contributed by atoms with Crippen LogP contribution in [0.5, 0.6) is 0 Å². The molecule has 1 atom stereocenters. The third-order valence-corrected chi connectivity index (χ3v) is 5.32.